The van der Waals surface area contributed by atoms with Crippen molar-refractivity contribution in [3.63, 3.8) is 0 Å². The topological polar surface area (TPSA) is 62.3 Å². The van der Waals surface area contributed by atoms with Gasteiger partial charge in [0.2, 0.25) is 0 Å². The first kappa shape index (κ1) is 13.0. The van der Waals surface area contributed by atoms with Gasteiger partial charge in [0.15, 0.2) is 0 Å². The van der Waals surface area contributed by atoms with Crippen molar-refractivity contribution >= 4 is 31.8 Å². The van der Waals surface area contributed by atoms with E-state index < -0.39 is 10.2 Å². The minimum Gasteiger partial charge on any atom is -0.240 e. The molecule has 3 rings (SSSR count). The molecule has 7 heteroatoms. The lowest BCUT2D eigenvalue weighted by molar-refractivity contribution is 0.464. The van der Waals surface area contributed by atoms with E-state index in [1.54, 1.807) is 0 Å². The van der Waals surface area contributed by atoms with Crippen LogP contribution in [0.15, 0.2) is 24.3 Å². The lowest BCUT2D eigenvalue weighted by Gasteiger charge is -2.15. The number of hydrogen-bond donors (Lipinski definition) is 1. The van der Waals surface area contributed by atoms with Gasteiger partial charge >= 0.3 is 0 Å². The summed E-state index contributed by atoms with van der Waals surface area (Å²) in [6.45, 7) is 1.50. The van der Waals surface area contributed by atoms with Crippen LogP contribution in [0.25, 0.3) is 10.2 Å². The molecule has 0 aliphatic carbocycles. The summed E-state index contributed by atoms with van der Waals surface area (Å²) in [6, 6.07) is 7.81. The summed E-state index contributed by atoms with van der Waals surface area (Å²) < 4.78 is 29.2. The molecule has 5 nitrogen and oxygen atoms in total. The lowest BCUT2D eigenvalue weighted by Crippen LogP contribution is -2.38. The molecule has 1 aliphatic heterocycles. The summed E-state index contributed by atoms with van der Waals surface area (Å²) in [5, 5.41) is 0.795. The van der Waals surface area contributed by atoms with Crippen molar-refractivity contribution in [1.29, 1.82) is 0 Å². The third kappa shape index (κ3) is 2.79. The molecule has 0 unspecified atom stereocenters. The van der Waals surface area contributed by atoms with Crippen molar-refractivity contribution in [1.82, 2.24) is 14.0 Å². The predicted molar refractivity (Wildman–Crippen MR) is 76.2 cm³/mol. The van der Waals surface area contributed by atoms with E-state index in [0.717, 1.165) is 28.1 Å². The Morgan fingerprint density at radius 2 is 2.00 bits per heavy atom. The van der Waals surface area contributed by atoms with Gasteiger partial charge in [-0.05, 0) is 25.0 Å². The minimum atomic E-state index is -3.35. The molecule has 102 valence electrons. The summed E-state index contributed by atoms with van der Waals surface area (Å²) in [7, 11) is -3.35. The molecule has 0 saturated carbocycles. The van der Waals surface area contributed by atoms with Gasteiger partial charge in [0, 0.05) is 13.1 Å². The summed E-state index contributed by atoms with van der Waals surface area (Å²) in [6.07, 6.45) is 1.89. The van der Waals surface area contributed by atoms with E-state index in [1.165, 1.54) is 15.6 Å². The normalized spacial score (nSPS) is 17.3. The van der Waals surface area contributed by atoms with E-state index in [0.29, 0.717) is 13.1 Å². The Balaban J connectivity index is 1.71. The summed E-state index contributed by atoms with van der Waals surface area (Å²) in [5.41, 5.74) is 0.919. The van der Waals surface area contributed by atoms with Crippen LogP contribution in [0.2, 0.25) is 0 Å². The Kier molecular flexibility index (Phi) is 3.53. The fourth-order valence-corrected chi connectivity index (χ4v) is 4.41. The summed E-state index contributed by atoms with van der Waals surface area (Å²) in [5.74, 6) is 0. The molecular weight excluding hydrogens is 282 g/mol. The maximum atomic E-state index is 12.0. The molecule has 2 heterocycles. The molecule has 0 amide bonds. The number of rotatable bonds is 4. The highest BCUT2D eigenvalue weighted by Crippen LogP contribution is 2.21. The SMILES string of the molecule is O=S(=O)(NCc1nc2ccccc2s1)N1CCCC1. The van der Waals surface area contributed by atoms with Crippen LogP contribution in [0.1, 0.15) is 17.8 Å². The fourth-order valence-electron chi connectivity index (χ4n) is 2.17. The number of para-hydroxylation sites is 1. The zero-order valence-electron chi connectivity index (χ0n) is 10.4. The van der Waals surface area contributed by atoms with Gasteiger partial charge in [-0.1, -0.05) is 12.1 Å². The average molecular weight is 297 g/mol. The van der Waals surface area contributed by atoms with Gasteiger partial charge in [0.25, 0.3) is 10.2 Å². The van der Waals surface area contributed by atoms with Gasteiger partial charge in [0.1, 0.15) is 5.01 Å². The Labute approximate surface area is 116 Å². The van der Waals surface area contributed by atoms with Crippen molar-refractivity contribution in [3.8, 4) is 0 Å². The number of hydrogen-bond acceptors (Lipinski definition) is 4. The van der Waals surface area contributed by atoms with Crippen molar-refractivity contribution in [2.45, 2.75) is 19.4 Å². The van der Waals surface area contributed by atoms with E-state index in [4.69, 9.17) is 0 Å². The molecule has 0 radical (unpaired) electrons. The Morgan fingerprint density at radius 3 is 2.74 bits per heavy atom. The molecular formula is C12H15N3O2S2. The molecule has 1 saturated heterocycles. The highest BCUT2D eigenvalue weighted by atomic mass is 32.2. The van der Waals surface area contributed by atoms with Crippen LogP contribution in [-0.2, 0) is 16.8 Å². The monoisotopic (exact) mass is 297 g/mol. The van der Waals surface area contributed by atoms with Gasteiger partial charge in [-0.2, -0.15) is 17.4 Å². The van der Waals surface area contributed by atoms with Crippen molar-refractivity contribution in [2.75, 3.05) is 13.1 Å². The quantitative estimate of drug-likeness (QED) is 0.935. The first-order valence-electron chi connectivity index (χ1n) is 6.24. The van der Waals surface area contributed by atoms with Crippen LogP contribution in [0.4, 0.5) is 0 Å². The van der Waals surface area contributed by atoms with Gasteiger partial charge in [-0.3, -0.25) is 0 Å². The second kappa shape index (κ2) is 5.16. The number of fused-ring (bicyclic) bond motifs is 1. The predicted octanol–water partition coefficient (Wildman–Crippen LogP) is 1.73. The van der Waals surface area contributed by atoms with E-state index in [-0.39, 0.29) is 6.54 Å². The molecule has 2 aromatic rings. The number of nitrogens with zero attached hydrogens (tertiary/aromatic N) is 2. The minimum absolute atomic E-state index is 0.262. The summed E-state index contributed by atoms with van der Waals surface area (Å²) >= 11 is 1.52. The standard InChI is InChI=1S/C12H15N3O2S2/c16-19(17,15-7-3-4-8-15)13-9-12-14-10-5-1-2-6-11(10)18-12/h1-2,5-6,13H,3-4,7-9H2. The Bertz CT molecular complexity index is 642. The van der Waals surface area contributed by atoms with Crippen LogP contribution >= 0.6 is 11.3 Å². The third-order valence-corrected chi connectivity index (χ3v) is 5.74. The maximum Gasteiger partial charge on any atom is 0.279 e. The molecule has 19 heavy (non-hydrogen) atoms. The lowest BCUT2D eigenvalue weighted by atomic mass is 10.3. The molecule has 1 N–H and O–H groups in total. The van der Waals surface area contributed by atoms with Crippen LogP contribution in [0, 0.1) is 0 Å². The van der Waals surface area contributed by atoms with E-state index >= 15 is 0 Å². The zero-order chi connectivity index (χ0) is 13.3. The van der Waals surface area contributed by atoms with Gasteiger partial charge in [-0.25, -0.2) is 4.98 Å². The van der Waals surface area contributed by atoms with Crippen molar-refractivity contribution in [2.24, 2.45) is 0 Å². The highest BCUT2D eigenvalue weighted by Gasteiger charge is 2.24. The second-order valence-electron chi connectivity index (χ2n) is 4.51. The summed E-state index contributed by atoms with van der Waals surface area (Å²) in [4.78, 5) is 4.42. The number of benzene rings is 1. The van der Waals surface area contributed by atoms with Crippen molar-refractivity contribution < 1.29 is 8.42 Å². The van der Waals surface area contributed by atoms with Crippen molar-refractivity contribution in [3.05, 3.63) is 29.3 Å². The third-order valence-electron chi connectivity index (χ3n) is 3.15. The van der Waals surface area contributed by atoms with E-state index in [9.17, 15) is 8.42 Å². The fraction of sp³-hybridized carbons (Fsp3) is 0.417. The van der Waals surface area contributed by atoms with Gasteiger partial charge in [-0.15, -0.1) is 11.3 Å². The van der Waals surface area contributed by atoms with E-state index in [1.807, 2.05) is 24.3 Å². The number of aromatic nitrogens is 1. The maximum absolute atomic E-state index is 12.0. The number of thiazole rings is 1. The molecule has 0 atom stereocenters. The largest absolute Gasteiger partial charge is 0.279 e. The first-order valence-corrected chi connectivity index (χ1v) is 8.50. The molecule has 1 aromatic carbocycles. The highest BCUT2D eigenvalue weighted by molar-refractivity contribution is 7.87. The second-order valence-corrected chi connectivity index (χ2v) is 7.38. The van der Waals surface area contributed by atoms with Gasteiger partial charge in [0.05, 0.1) is 16.8 Å². The zero-order valence-corrected chi connectivity index (χ0v) is 12.0. The molecule has 1 aliphatic rings. The molecule has 0 bridgehead atoms. The smallest absolute Gasteiger partial charge is 0.240 e. The van der Waals surface area contributed by atoms with Gasteiger partial charge < -0.3 is 0 Å². The number of nitrogens with one attached hydrogen (secondary N) is 1. The van der Waals surface area contributed by atoms with E-state index in [2.05, 4.69) is 9.71 Å². The molecule has 1 fully saturated rings. The van der Waals surface area contributed by atoms with Crippen LogP contribution < -0.4 is 4.72 Å². The Hall–Kier alpha value is -1.02. The molecule has 1 aromatic heterocycles. The Morgan fingerprint density at radius 1 is 1.26 bits per heavy atom. The first-order chi connectivity index (χ1) is 9.15. The van der Waals surface area contributed by atoms with Crippen LogP contribution in [0.3, 0.4) is 0 Å². The average Bonchev–Trinajstić information content (AvgIpc) is 3.05. The van der Waals surface area contributed by atoms with Crippen LogP contribution in [0.5, 0.6) is 0 Å². The molecule has 0 spiro atoms. The van der Waals surface area contributed by atoms with Crippen LogP contribution in [-0.4, -0.2) is 30.8 Å².